The lowest BCUT2D eigenvalue weighted by Crippen LogP contribution is -1.95. The maximum atomic E-state index is 13.1. The Bertz CT molecular complexity index is 709. The molecule has 0 aliphatic rings. The molecule has 1 aromatic carbocycles. The molecule has 0 bridgehead atoms. The van der Waals surface area contributed by atoms with Gasteiger partial charge in [-0.25, -0.2) is 13.8 Å². The predicted molar refractivity (Wildman–Crippen MR) is 53.2 cm³/mol. The van der Waals surface area contributed by atoms with E-state index in [0.29, 0.717) is 11.2 Å². The summed E-state index contributed by atoms with van der Waals surface area (Å²) in [6.45, 7) is 0. The van der Waals surface area contributed by atoms with Gasteiger partial charge in [-0.3, -0.25) is 4.40 Å². The van der Waals surface area contributed by atoms with Gasteiger partial charge in [0.15, 0.2) is 22.4 Å². The van der Waals surface area contributed by atoms with Crippen molar-refractivity contribution in [1.82, 2.24) is 19.6 Å². The lowest BCUT2D eigenvalue weighted by Gasteiger charge is -2.02. The quantitative estimate of drug-likeness (QED) is 0.605. The molecule has 0 saturated heterocycles. The predicted octanol–water partition coefficient (Wildman–Crippen LogP) is 2.21. The number of rotatable bonds is 0. The molecule has 0 atom stereocenters. The molecule has 80 valence electrons. The molecule has 2 aromatic heterocycles. The van der Waals surface area contributed by atoms with E-state index in [1.807, 2.05) is 0 Å². The standard InChI is InChI=1S/C9H3ClF2N4/c10-8-9-15-13-3-16(9)7-2-5(12)4(11)1-6(7)14-8/h1-3H. The van der Waals surface area contributed by atoms with E-state index >= 15 is 0 Å². The van der Waals surface area contributed by atoms with Gasteiger partial charge in [0.25, 0.3) is 0 Å². The Morgan fingerprint density at radius 2 is 1.94 bits per heavy atom. The van der Waals surface area contributed by atoms with Crippen LogP contribution in [0.4, 0.5) is 8.78 Å². The molecule has 16 heavy (non-hydrogen) atoms. The van der Waals surface area contributed by atoms with Crippen LogP contribution in [-0.2, 0) is 0 Å². The SMILES string of the molecule is Fc1cc2nc(Cl)c3nncn3c2cc1F. The van der Waals surface area contributed by atoms with Crippen LogP contribution in [0.5, 0.6) is 0 Å². The first kappa shape index (κ1) is 9.41. The molecule has 3 rings (SSSR count). The zero-order valence-electron chi connectivity index (χ0n) is 7.65. The second-order valence-corrected chi connectivity index (χ2v) is 3.54. The minimum absolute atomic E-state index is 0.0935. The Morgan fingerprint density at radius 3 is 2.75 bits per heavy atom. The monoisotopic (exact) mass is 240 g/mol. The number of aromatic nitrogens is 4. The highest BCUT2D eigenvalue weighted by molar-refractivity contribution is 6.32. The van der Waals surface area contributed by atoms with Crippen molar-refractivity contribution in [3.8, 4) is 0 Å². The summed E-state index contributed by atoms with van der Waals surface area (Å²) in [5, 5.41) is 7.45. The van der Waals surface area contributed by atoms with Gasteiger partial charge in [-0.15, -0.1) is 10.2 Å². The van der Waals surface area contributed by atoms with Gasteiger partial charge in [-0.1, -0.05) is 11.6 Å². The molecule has 0 radical (unpaired) electrons. The normalized spacial score (nSPS) is 11.4. The minimum Gasteiger partial charge on any atom is -0.277 e. The molecule has 2 heterocycles. The first-order valence-electron chi connectivity index (χ1n) is 4.31. The fourth-order valence-electron chi connectivity index (χ4n) is 1.52. The van der Waals surface area contributed by atoms with Crippen LogP contribution in [0, 0.1) is 11.6 Å². The molecule has 0 N–H and O–H groups in total. The Kier molecular flexibility index (Phi) is 1.81. The molecule has 0 fully saturated rings. The van der Waals surface area contributed by atoms with Gasteiger partial charge in [0.2, 0.25) is 0 Å². The van der Waals surface area contributed by atoms with Gasteiger partial charge < -0.3 is 0 Å². The molecule has 0 aliphatic heterocycles. The third-order valence-corrected chi connectivity index (χ3v) is 2.48. The second kappa shape index (κ2) is 3.08. The number of hydrogen-bond acceptors (Lipinski definition) is 3. The molecular formula is C9H3ClF2N4. The molecule has 4 nitrogen and oxygen atoms in total. The summed E-state index contributed by atoms with van der Waals surface area (Å²) in [4.78, 5) is 3.91. The van der Waals surface area contributed by atoms with Crippen molar-refractivity contribution in [2.24, 2.45) is 0 Å². The molecule has 7 heteroatoms. The smallest absolute Gasteiger partial charge is 0.198 e. The van der Waals surface area contributed by atoms with Gasteiger partial charge >= 0.3 is 0 Å². The molecule has 3 aromatic rings. The Balaban J connectivity index is 2.59. The van der Waals surface area contributed by atoms with Crippen molar-refractivity contribution in [2.75, 3.05) is 0 Å². The van der Waals surface area contributed by atoms with Crippen LogP contribution in [0.1, 0.15) is 0 Å². The van der Waals surface area contributed by atoms with E-state index in [1.165, 1.54) is 10.7 Å². The number of fused-ring (bicyclic) bond motifs is 3. The molecule has 0 saturated carbocycles. The van der Waals surface area contributed by atoms with Crippen LogP contribution < -0.4 is 0 Å². The average molecular weight is 241 g/mol. The first-order valence-corrected chi connectivity index (χ1v) is 4.68. The summed E-state index contributed by atoms with van der Waals surface area (Å²) < 4.78 is 27.6. The lowest BCUT2D eigenvalue weighted by molar-refractivity contribution is 0.510. The highest BCUT2D eigenvalue weighted by Crippen LogP contribution is 2.21. The van der Waals surface area contributed by atoms with Crippen molar-refractivity contribution in [3.05, 3.63) is 35.2 Å². The highest BCUT2D eigenvalue weighted by Gasteiger charge is 2.11. The van der Waals surface area contributed by atoms with Gasteiger partial charge in [-0.05, 0) is 0 Å². The van der Waals surface area contributed by atoms with Crippen LogP contribution in [0.15, 0.2) is 18.5 Å². The van der Waals surface area contributed by atoms with Crippen LogP contribution in [0.25, 0.3) is 16.7 Å². The summed E-state index contributed by atoms with van der Waals surface area (Å²) in [6, 6.07) is 2.01. The van der Waals surface area contributed by atoms with Crippen LogP contribution in [0.2, 0.25) is 5.15 Å². The molecule has 0 aliphatic carbocycles. The number of halogens is 3. The zero-order chi connectivity index (χ0) is 11.3. The average Bonchev–Trinajstić information content (AvgIpc) is 2.71. The maximum absolute atomic E-state index is 13.1. The molecular weight excluding hydrogens is 238 g/mol. The van der Waals surface area contributed by atoms with Crippen molar-refractivity contribution >= 4 is 28.3 Å². The van der Waals surface area contributed by atoms with Crippen molar-refractivity contribution < 1.29 is 8.78 Å². The highest BCUT2D eigenvalue weighted by atomic mass is 35.5. The number of benzene rings is 1. The molecule has 0 amide bonds. The summed E-state index contributed by atoms with van der Waals surface area (Å²) in [7, 11) is 0. The number of hydrogen-bond donors (Lipinski definition) is 0. The van der Waals surface area contributed by atoms with Crippen molar-refractivity contribution in [1.29, 1.82) is 0 Å². The Morgan fingerprint density at radius 1 is 1.19 bits per heavy atom. The van der Waals surface area contributed by atoms with E-state index < -0.39 is 11.6 Å². The number of nitrogens with zero attached hydrogens (tertiary/aromatic N) is 4. The van der Waals surface area contributed by atoms with Crippen LogP contribution in [-0.4, -0.2) is 19.6 Å². The molecule has 0 unspecified atom stereocenters. The van der Waals surface area contributed by atoms with E-state index in [1.54, 1.807) is 0 Å². The maximum Gasteiger partial charge on any atom is 0.198 e. The zero-order valence-corrected chi connectivity index (χ0v) is 8.41. The molecule has 0 spiro atoms. The largest absolute Gasteiger partial charge is 0.277 e. The fraction of sp³-hybridized carbons (Fsp3) is 0. The van der Waals surface area contributed by atoms with Gasteiger partial charge in [-0.2, -0.15) is 0 Å². The first-order chi connectivity index (χ1) is 7.66. The van der Waals surface area contributed by atoms with Gasteiger partial charge in [0.1, 0.15) is 6.33 Å². The fourth-order valence-corrected chi connectivity index (χ4v) is 1.74. The summed E-state index contributed by atoms with van der Waals surface area (Å²) in [6.07, 6.45) is 1.36. The summed E-state index contributed by atoms with van der Waals surface area (Å²) in [5.41, 5.74) is 0.916. The Hall–Kier alpha value is -1.82. The second-order valence-electron chi connectivity index (χ2n) is 3.18. The van der Waals surface area contributed by atoms with Crippen LogP contribution in [0.3, 0.4) is 0 Å². The third-order valence-electron chi connectivity index (χ3n) is 2.23. The lowest BCUT2D eigenvalue weighted by atomic mass is 10.3. The summed E-state index contributed by atoms with van der Waals surface area (Å²) >= 11 is 5.82. The van der Waals surface area contributed by atoms with Gasteiger partial charge in [0, 0.05) is 12.1 Å². The van der Waals surface area contributed by atoms with Crippen molar-refractivity contribution in [2.45, 2.75) is 0 Å². The summed E-state index contributed by atoms with van der Waals surface area (Å²) in [5.74, 6) is -1.92. The van der Waals surface area contributed by atoms with Crippen LogP contribution >= 0.6 is 11.6 Å². The van der Waals surface area contributed by atoms with E-state index in [0.717, 1.165) is 12.1 Å². The van der Waals surface area contributed by atoms with E-state index in [-0.39, 0.29) is 10.7 Å². The van der Waals surface area contributed by atoms with E-state index in [4.69, 9.17) is 11.6 Å². The minimum atomic E-state index is -0.969. The van der Waals surface area contributed by atoms with E-state index in [9.17, 15) is 8.78 Å². The van der Waals surface area contributed by atoms with E-state index in [2.05, 4.69) is 15.2 Å². The topological polar surface area (TPSA) is 43.1 Å². The van der Waals surface area contributed by atoms with Gasteiger partial charge in [0.05, 0.1) is 11.0 Å². The Labute approximate surface area is 92.5 Å². The third kappa shape index (κ3) is 1.16. The van der Waals surface area contributed by atoms with Crippen molar-refractivity contribution in [3.63, 3.8) is 0 Å².